The SMILES string of the molecule is CC(C)C[C@H](NC(=O)OC(C)(C)C)C1C[C@H](C)C(=O)O1. The third-order valence-electron chi connectivity index (χ3n) is 3.13. The summed E-state index contributed by atoms with van der Waals surface area (Å²) in [5.41, 5.74) is -0.536. The molecule has 0 aromatic rings. The molecule has 1 rings (SSSR count). The van der Waals surface area contributed by atoms with Crippen LogP contribution < -0.4 is 5.32 Å². The van der Waals surface area contributed by atoms with E-state index in [0.717, 1.165) is 6.42 Å². The van der Waals surface area contributed by atoms with Crippen LogP contribution in [0.5, 0.6) is 0 Å². The Morgan fingerprint density at radius 3 is 2.45 bits per heavy atom. The van der Waals surface area contributed by atoms with Gasteiger partial charge in [0.1, 0.15) is 11.7 Å². The summed E-state index contributed by atoms with van der Waals surface area (Å²) in [5, 5.41) is 2.85. The normalized spacial score (nSPS) is 24.4. The largest absolute Gasteiger partial charge is 0.460 e. The Morgan fingerprint density at radius 1 is 1.45 bits per heavy atom. The van der Waals surface area contributed by atoms with E-state index in [-0.39, 0.29) is 24.0 Å². The van der Waals surface area contributed by atoms with E-state index in [0.29, 0.717) is 12.3 Å². The molecule has 5 heteroatoms. The fraction of sp³-hybridized carbons (Fsp3) is 0.867. The van der Waals surface area contributed by atoms with Crippen molar-refractivity contribution in [1.82, 2.24) is 5.32 Å². The third-order valence-corrected chi connectivity index (χ3v) is 3.13. The van der Waals surface area contributed by atoms with Crippen LogP contribution >= 0.6 is 0 Å². The number of amides is 1. The molecule has 1 N–H and O–H groups in total. The van der Waals surface area contributed by atoms with Gasteiger partial charge < -0.3 is 14.8 Å². The van der Waals surface area contributed by atoms with Crippen molar-refractivity contribution >= 4 is 12.1 Å². The van der Waals surface area contributed by atoms with Gasteiger partial charge >= 0.3 is 12.1 Å². The van der Waals surface area contributed by atoms with E-state index in [2.05, 4.69) is 19.2 Å². The second-order valence-electron chi connectivity index (χ2n) is 6.99. The van der Waals surface area contributed by atoms with Gasteiger partial charge in [-0.1, -0.05) is 20.8 Å². The standard InChI is InChI=1S/C15H27NO4/c1-9(2)7-11(12-8-10(3)13(17)19-12)16-14(18)20-15(4,5)6/h9-12H,7-8H2,1-6H3,(H,16,18)/t10-,11-,12?/m0/s1. The molecule has 1 heterocycles. The number of rotatable bonds is 4. The first-order valence-electron chi connectivity index (χ1n) is 7.28. The second-order valence-corrected chi connectivity index (χ2v) is 6.99. The lowest BCUT2D eigenvalue weighted by Gasteiger charge is -2.27. The number of nitrogens with one attached hydrogen (secondary N) is 1. The molecule has 1 aliphatic heterocycles. The highest BCUT2D eigenvalue weighted by atomic mass is 16.6. The molecule has 0 aromatic carbocycles. The van der Waals surface area contributed by atoms with E-state index in [1.165, 1.54) is 0 Å². The Kier molecular flexibility index (Phi) is 5.42. The summed E-state index contributed by atoms with van der Waals surface area (Å²) in [6, 6.07) is -0.196. The lowest BCUT2D eigenvalue weighted by molar-refractivity contribution is -0.145. The number of cyclic esters (lactones) is 1. The first-order chi connectivity index (χ1) is 9.08. The quantitative estimate of drug-likeness (QED) is 0.807. The molecule has 3 atom stereocenters. The first kappa shape index (κ1) is 16.8. The zero-order valence-electron chi connectivity index (χ0n) is 13.4. The van der Waals surface area contributed by atoms with E-state index >= 15 is 0 Å². The van der Waals surface area contributed by atoms with Gasteiger partial charge in [-0.05, 0) is 39.5 Å². The average Bonchev–Trinajstić information content (AvgIpc) is 2.54. The minimum Gasteiger partial charge on any atom is -0.460 e. The van der Waals surface area contributed by atoms with Crippen molar-refractivity contribution in [3.8, 4) is 0 Å². The monoisotopic (exact) mass is 285 g/mol. The summed E-state index contributed by atoms with van der Waals surface area (Å²) in [6.07, 6.45) is 0.682. The molecule has 0 radical (unpaired) electrons. The molecule has 0 saturated carbocycles. The molecule has 116 valence electrons. The van der Waals surface area contributed by atoms with Gasteiger partial charge in [0.05, 0.1) is 12.0 Å². The maximum atomic E-state index is 11.9. The molecule has 1 aliphatic rings. The highest BCUT2D eigenvalue weighted by Gasteiger charge is 2.37. The minimum atomic E-state index is -0.536. The van der Waals surface area contributed by atoms with Crippen LogP contribution in [0.25, 0.3) is 0 Å². The Balaban J connectivity index is 2.65. The lowest BCUT2D eigenvalue weighted by Crippen LogP contribution is -2.46. The van der Waals surface area contributed by atoms with Crippen LogP contribution in [0, 0.1) is 11.8 Å². The summed E-state index contributed by atoms with van der Waals surface area (Å²) < 4.78 is 10.6. The summed E-state index contributed by atoms with van der Waals surface area (Å²) in [6.45, 7) is 11.5. The van der Waals surface area contributed by atoms with Crippen LogP contribution in [0.3, 0.4) is 0 Å². The Morgan fingerprint density at radius 2 is 2.05 bits per heavy atom. The first-order valence-corrected chi connectivity index (χ1v) is 7.28. The number of carbonyl (C=O) groups excluding carboxylic acids is 2. The van der Waals surface area contributed by atoms with Crippen molar-refractivity contribution in [2.24, 2.45) is 11.8 Å². The molecule has 0 spiro atoms. The van der Waals surface area contributed by atoms with Gasteiger partial charge in [0.25, 0.3) is 0 Å². The number of ether oxygens (including phenoxy) is 2. The molecular weight excluding hydrogens is 258 g/mol. The predicted molar refractivity (Wildman–Crippen MR) is 76.3 cm³/mol. The van der Waals surface area contributed by atoms with Gasteiger partial charge in [-0.15, -0.1) is 0 Å². The fourth-order valence-electron chi connectivity index (χ4n) is 2.27. The van der Waals surface area contributed by atoms with Gasteiger partial charge in [-0.2, -0.15) is 0 Å². The maximum Gasteiger partial charge on any atom is 0.408 e. The summed E-state index contributed by atoms with van der Waals surface area (Å²) in [4.78, 5) is 23.4. The van der Waals surface area contributed by atoms with Gasteiger partial charge in [0.15, 0.2) is 0 Å². The zero-order chi connectivity index (χ0) is 15.5. The van der Waals surface area contributed by atoms with E-state index in [9.17, 15) is 9.59 Å². The van der Waals surface area contributed by atoms with Crippen molar-refractivity contribution in [1.29, 1.82) is 0 Å². The van der Waals surface area contributed by atoms with Crippen molar-refractivity contribution in [3.63, 3.8) is 0 Å². The smallest absolute Gasteiger partial charge is 0.408 e. The predicted octanol–water partition coefficient (Wildman–Crippen LogP) is 2.88. The van der Waals surface area contributed by atoms with Crippen molar-refractivity contribution in [3.05, 3.63) is 0 Å². The van der Waals surface area contributed by atoms with E-state index in [4.69, 9.17) is 9.47 Å². The van der Waals surface area contributed by atoms with Crippen LogP contribution in [0.2, 0.25) is 0 Å². The number of alkyl carbamates (subject to hydrolysis) is 1. The molecule has 0 aromatic heterocycles. The highest BCUT2D eigenvalue weighted by molar-refractivity contribution is 5.74. The maximum absolute atomic E-state index is 11.9. The van der Waals surface area contributed by atoms with Crippen molar-refractivity contribution in [2.45, 2.75) is 72.1 Å². The summed E-state index contributed by atoms with van der Waals surface area (Å²) >= 11 is 0. The molecule has 1 fully saturated rings. The van der Waals surface area contributed by atoms with Gasteiger partial charge in [0, 0.05) is 0 Å². The number of hydrogen-bond acceptors (Lipinski definition) is 4. The summed E-state index contributed by atoms with van der Waals surface area (Å²) in [7, 11) is 0. The lowest BCUT2D eigenvalue weighted by atomic mass is 9.95. The van der Waals surface area contributed by atoms with Crippen molar-refractivity contribution in [2.75, 3.05) is 0 Å². The van der Waals surface area contributed by atoms with Crippen LogP contribution in [0.15, 0.2) is 0 Å². The van der Waals surface area contributed by atoms with Crippen LogP contribution in [0.1, 0.15) is 54.4 Å². The average molecular weight is 285 g/mol. The van der Waals surface area contributed by atoms with Gasteiger partial charge in [-0.3, -0.25) is 4.79 Å². The third kappa shape index (κ3) is 5.39. The molecular formula is C15H27NO4. The summed E-state index contributed by atoms with van der Waals surface area (Å²) in [5.74, 6) is 0.106. The van der Waals surface area contributed by atoms with Crippen LogP contribution in [-0.2, 0) is 14.3 Å². The molecule has 0 bridgehead atoms. The molecule has 0 aliphatic carbocycles. The molecule has 20 heavy (non-hydrogen) atoms. The Labute approximate surface area is 121 Å². The molecule has 1 unspecified atom stereocenters. The molecule has 1 amide bonds. The van der Waals surface area contributed by atoms with Gasteiger partial charge in [0.2, 0.25) is 0 Å². The fourth-order valence-corrected chi connectivity index (χ4v) is 2.27. The Bertz CT molecular complexity index is 359. The zero-order valence-corrected chi connectivity index (χ0v) is 13.4. The number of hydrogen-bond donors (Lipinski definition) is 1. The van der Waals surface area contributed by atoms with Crippen LogP contribution in [0.4, 0.5) is 4.79 Å². The molecule has 1 saturated heterocycles. The topological polar surface area (TPSA) is 64.6 Å². The molecule has 5 nitrogen and oxygen atoms in total. The number of esters is 1. The Hall–Kier alpha value is -1.26. The van der Waals surface area contributed by atoms with Crippen molar-refractivity contribution < 1.29 is 19.1 Å². The second kappa shape index (κ2) is 6.46. The van der Waals surface area contributed by atoms with E-state index in [1.807, 2.05) is 27.7 Å². The minimum absolute atomic E-state index is 0.102. The van der Waals surface area contributed by atoms with E-state index < -0.39 is 11.7 Å². The van der Waals surface area contributed by atoms with E-state index in [1.54, 1.807) is 0 Å². The van der Waals surface area contributed by atoms with Crippen LogP contribution in [-0.4, -0.2) is 29.8 Å². The number of carbonyl (C=O) groups is 2. The van der Waals surface area contributed by atoms with Gasteiger partial charge in [-0.25, -0.2) is 4.79 Å². The highest BCUT2D eigenvalue weighted by Crippen LogP contribution is 2.26.